The number of H-pyrrole nitrogens is 1. The van der Waals surface area contributed by atoms with E-state index in [1.54, 1.807) is 12.2 Å². The molecule has 1 aliphatic heterocycles. The average Bonchev–Trinajstić information content (AvgIpc) is 3.85. The number of benzene rings is 2. The summed E-state index contributed by atoms with van der Waals surface area (Å²) < 4.78 is 0. The van der Waals surface area contributed by atoms with Crippen LogP contribution in [0.3, 0.4) is 0 Å². The fraction of sp³-hybridized carbons (Fsp3) is 0.372. The van der Waals surface area contributed by atoms with Crippen LogP contribution in [0.25, 0.3) is 34.3 Å². The molecule has 2 aliphatic rings. The third-order valence-electron chi connectivity index (χ3n) is 9.52. The summed E-state index contributed by atoms with van der Waals surface area (Å²) in [5.74, 6) is -1.22. The average molecular weight is 719 g/mol. The summed E-state index contributed by atoms with van der Waals surface area (Å²) in [6.07, 6.45) is 21.8. The third kappa shape index (κ3) is 11.0. The van der Waals surface area contributed by atoms with E-state index in [-0.39, 0.29) is 18.2 Å². The number of carbonyl (C=O) groups is 3. The van der Waals surface area contributed by atoms with Crippen LogP contribution in [0, 0.1) is 5.92 Å². The number of imidazole rings is 1. The molecule has 0 radical (unpaired) electrons. The van der Waals surface area contributed by atoms with E-state index < -0.39 is 18.0 Å². The molecule has 0 saturated carbocycles. The lowest BCUT2D eigenvalue weighted by atomic mass is 9.93. The van der Waals surface area contributed by atoms with Gasteiger partial charge in [0.1, 0.15) is 5.82 Å². The molecule has 10 nitrogen and oxygen atoms in total. The van der Waals surface area contributed by atoms with Crippen LogP contribution in [0.15, 0.2) is 90.1 Å². The number of aliphatic carboxylic acids is 2. The fourth-order valence-corrected chi connectivity index (χ4v) is 6.42. The molecule has 0 bridgehead atoms. The minimum Gasteiger partial charge on any atom is -0.478 e. The number of unbranched alkanes of at least 4 members (excludes halogenated alkanes) is 6. The van der Waals surface area contributed by atoms with E-state index in [4.69, 9.17) is 14.9 Å². The molecule has 1 aliphatic carbocycles. The number of amides is 1. The van der Waals surface area contributed by atoms with Gasteiger partial charge in [-0.2, -0.15) is 0 Å². The molecule has 3 N–H and O–H groups in total. The molecule has 2 unspecified atom stereocenters. The predicted octanol–water partition coefficient (Wildman–Crippen LogP) is 8.92. The van der Waals surface area contributed by atoms with Gasteiger partial charge in [0.25, 0.3) is 0 Å². The van der Waals surface area contributed by atoms with Gasteiger partial charge in [-0.3, -0.25) is 4.79 Å². The van der Waals surface area contributed by atoms with Gasteiger partial charge in [0.15, 0.2) is 0 Å². The first-order valence-corrected chi connectivity index (χ1v) is 18.8. The van der Waals surface area contributed by atoms with Crippen molar-refractivity contribution in [2.45, 2.75) is 84.2 Å². The lowest BCUT2D eigenvalue weighted by Gasteiger charge is -2.22. The molecule has 0 fully saturated rings. The van der Waals surface area contributed by atoms with Gasteiger partial charge in [-0.05, 0) is 54.0 Å². The van der Waals surface area contributed by atoms with Gasteiger partial charge in [0.2, 0.25) is 12.0 Å². The minimum absolute atomic E-state index is 0.0866. The summed E-state index contributed by atoms with van der Waals surface area (Å²) in [6, 6.07) is 15.1. The number of aromatic nitrogens is 2. The standard InChI is InChI=1S/C43H50N4O6/c1-3-5-7-9-27-47(28-10-8-6-4-2)38(48)25-15-30-11-17-33(18-12-30)40-41(34-19-13-31(14-20-34)16-26-39(49)50)45-42(44-40)35-23-21-32(22-24-35)36-29-37(43(51)52)53-46-36/h11,13-26,30,37H,3-10,12,27-29H2,1-2H3,(H,44,45)(H,49,50)(H,51,52)/b25-15+,26-16+. The van der Waals surface area contributed by atoms with Crippen LogP contribution in [-0.2, 0) is 19.2 Å². The molecule has 2 aromatic carbocycles. The van der Waals surface area contributed by atoms with Crippen molar-refractivity contribution < 1.29 is 29.4 Å². The fourth-order valence-electron chi connectivity index (χ4n) is 6.42. The molecule has 5 rings (SSSR count). The number of nitrogens with one attached hydrogen (secondary N) is 1. The highest BCUT2D eigenvalue weighted by molar-refractivity contribution is 6.03. The minimum atomic E-state index is -1.04. The van der Waals surface area contributed by atoms with Gasteiger partial charge >= 0.3 is 11.9 Å². The lowest BCUT2D eigenvalue weighted by molar-refractivity contribution is -0.148. The maximum atomic E-state index is 13.3. The zero-order chi connectivity index (χ0) is 37.6. The van der Waals surface area contributed by atoms with Crippen LogP contribution in [-0.4, -0.2) is 67.8 Å². The lowest BCUT2D eigenvalue weighted by Crippen LogP contribution is -2.31. The van der Waals surface area contributed by atoms with Gasteiger partial charge in [-0.25, -0.2) is 14.6 Å². The number of carboxylic acid groups (broad SMARTS) is 2. The number of carbonyl (C=O) groups excluding carboxylic acids is 1. The van der Waals surface area contributed by atoms with Gasteiger partial charge in [-0.1, -0.05) is 130 Å². The Kier molecular flexibility index (Phi) is 14.1. The maximum absolute atomic E-state index is 13.3. The van der Waals surface area contributed by atoms with Gasteiger partial charge < -0.3 is 24.9 Å². The Labute approximate surface area is 311 Å². The van der Waals surface area contributed by atoms with E-state index in [9.17, 15) is 19.5 Å². The van der Waals surface area contributed by atoms with Crippen molar-refractivity contribution in [1.29, 1.82) is 0 Å². The number of hydrogen-bond donors (Lipinski definition) is 3. The summed E-state index contributed by atoms with van der Waals surface area (Å²) >= 11 is 0. The molecule has 278 valence electrons. The Morgan fingerprint density at radius 2 is 1.53 bits per heavy atom. The van der Waals surface area contributed by atoms with Crippen LogP contribution in [0.5, 0.6) is 0 Å². The van der Waals surface area contributed by atoms with Crippen LogP contribution in [0.2, 0.25) is 0 Å². The van der Waals surface area contributed by atoms with Crippen molar-refractivity contribution in [2.75, 3.05) is 13.1 Å². The summed E-state index contributed by atoms with van der Waals surface area (Å²) in [6.45, 7) is 6.01. The monoisotopic (exact) mass is 718 g/mol. The summed E-state index contributed by atoms with van der Waals surface area (Å²) in [5.41, 5.74) is 6.39. The molecule has 10 heteroatoms. The predicted molar refractivity (Wildman–Crippen MR) is 209 cm³/mol. The van der Waals surface area contributed by atoms with Crippen molar-refractivity contribution in [3.8, 4) is 22.6 Å². The third-order valence-corrected chi connectivity index (χ3v) is 9.52. The number of nitrogens with zero attached hydrogens (tertiary/aromatic N) is 3. The van der Waals surface area contributed by atoms with Gasteiger partial charge in [0.05, 0.1) is 17.1 Å². The zero-order valence-corrected chi connectivity index (χ0v) is 30.7. The number of aromatic amines is 1. The first-order chi connectivity index (χ1) is 25.7. The van der Waals surface area contributed by atoms with E-state index in [1.807, 2.05) is 59.5 Å². The highest BCUT2D eigenvalue weighted by Gasteiger charge is 2.28. The molecule has 2 heterocycles. The first kappa shape index (κ1) is 38.7. The normalized spacial score (nSPS) is 16.9. The first-order valence-electron chi connectivity index (χ1n) is 18.8. The van der Waals surface area contributed by atoms with E-state index in [1.165, 1.54) is 25.7 Å². The van der Waals surface area contributed by atoms with E-state index >= 15 is 0 Å². The van der Waals surface area contributed by atoms with Crippen molar-refractivity contribution in [2.24, 2.45) is 11.1 Å². The van der Waals surface area contributed by atoms with Crippen molar-refractivity contribution in [1.82, 2.24) is 14.9 Å². The maximum Gasteiger partial charge on any atom is 0.348 e. The Morgan fingerprint density at radius 3 is 2.11 bits per heavy atom. The smallest absolute Gasteiger partial charge is 0.348 e. The van der Waals surface area contributed by atoms with E-state index in [2.05, 4.69) is 42.2 Å². The van der Waals surface area contributed by atoms with Crippen LogP contribution in [0.4, 0.5) is 0 Å². The van der Waals surface area contributed by atoms with Gasteiger partial charge in [-0.15, -0.1) is 0 Å². The molecule has 53 heavy (non-hydrogen) atoms. The van der Waals surface area contributed by atoms with Crippen molar-refractivity contribution in [3.05, 3.63) is 102 Å². The number of rotatable bonds is 19. The number of carboxylic acids is 2. The Morgan fingerprint density at radius 1 is 0.868 bits per heavy atom. The summed E-state index contributed by atoms with van der Waals surface area (Å²) in [5, 5.41) is 22.3. The summed E-state index contributed by atoms with van der Waals surface area (Å²) in [4.78, 5) is 51.3. The van der Waals surface area contributed by atoms with Crippen molar-refractivity contribution in [3.63, 3.8) is 0 Å². The largest absolute Gasteiger partial charge is 0.478 e. The second-order valence-electron chi connectivity index (χ2n) is 13.6. The molecule has 3 aromatic rings. The Balaban J connectivity index is 1.34. The molecule has 1 aromatic heterocycles. The molecule has 2 atom stereocenters. The van der Waals surface area contributed by atoms with E-state index in [0.717, 1.165) is 90.5 Å². The highest BCUT2D eigenvalue weighted by Crippen LogP contribution is 2.34. The number of allylic oxidation sites excluding steroid dienone is 5. The van der Waals surface area contributed by atoms with Crippen LogP contribution < -0.4 is 0 Å². The molecule has 0 saturated heterocycles. The highest BCUT2D eigenvalue weighted by atomic mass is 16.7. The Bertz CT molecular complexity index is 1850. The number of hydrogen-bond acceptors (Lipinski definition) is 6. The zero-order valence-electron chi connectivity index (χ0n) is 30.7. The summed E-state index contributed by atoms with van der Waals surface area (Å²) in [7, 11) is 0. The van der Waals surface area contributed by atoms with Gasteiger partial charge in [0, 0.05) is 36.7 Å². The SMILES string of the molecule is CCCCCCN(CCCCCC)C(=O)/C=C/C1C=CC(c2[nH]c(-c3ccc(C4=NOC(C(=O)O)C4)cc3)nc2-c2ccc(/C=C/C(=O)O)cc2)=CC1. The molecular formula is C43H50N4O6. The van der Waals surface area contributed by atoms with Crippen molar-refractivity contribution >= 4 is 35.2 Å². The Hall–Kier alpha value is -5.51. The number of oxime groups is 1. The molecular weight excluding hydrogens is 668 g/mol. The topological polar surface area (TPSA) is 145 Å². The molecule has 1 amide bonds. The quantitative estimate of drug-likeness (QED) is 0.0829. The second kappa shape index (κ2) is 19.4. The van der Waals surface area contributed by atoms with E-state index in [0.29, 0.717) is 11.5 Å². The molecule has 0 spiro atoms. The second-order valence-corrected chi connectivity index (χ2v) is 13.6. The van der Waals surface area contributed by atoms with Crippen LogP contribution in [0.1, 0.15) is 94.9 Å². The van der Waals surface area contributed by atoms with Crippen LogP contribution >= 0.6 is 0 Å².